The highest BCUT2D eigenvalue weighted by atomic mass is 19.4. The van der Waals surface area contributed by atoms with Gasteiger partial charge in [0.1, 0.15) is 6.07 Å². The summed E-state index contributed by atoms with van der Waals surface area (Å²) >= 11 is 0. The number of aryl methyl sites for hydroxylation is 3. The number of hydrogen-bond acceptors (Lipinski definition) is 1. The van der Waals surface area contributed by atoms with Crippen molar-refractivity contribution in [3.63, 3.8) is 0 Å². The predicted molar refractivity (Wildman–Crippen MR) is 184 cm³/mol. The zero-order valence-electron chi connectivity index (χ0n) is 25.9. The summed E-state index contributed by atoms with van der Waals surface area (Å²) in [6, 6.07) is 38.5. The molecule has 0 bridgehead atoms. The van der Waals surface area contributed by atoms with Crippen LogP contribution in [-0.4, -0.2) is 9.13 Å². The molecule has 228 valence electrons. The average Bonchev–Trinajstić information content (AvgIpc) is 3.56. The Balaban J connectivity index is 1.57. The van der Waals surface area contributed by atoms with Crippen LogP contribution in [0.15, 0.2) is 115 Å². The summed E-state index contributed by atoms with van der Waals surface area (Å²) in [7, 11) is 0. The lowest BCUT2D eigenvalue weighted by Gasteiger charge is -2.21. The Morgan fingerprint density at radius 2 is 1.00 bits per heavy atom. The van der Waals surface area contributed by atoms with E-state index < -0.39 is 11.7 Å². The quantitative estimate of drug-likeness (QED) is 0.194. The van der Waals surface area contributed by atoms with Gasteiger partial charge in [0.05, 0.1) is 44.6 Å². The van der Waals surface area contributed by atoms with Crippen LogP contribution in [0, 0.1) is 32.1 Å². The fourth-order valence-electron chi connectivity index (χ4n) is 7.07. The molecule has 0 aliphatic rings. The number of fused-ring (bicyclic) bond motifs is 6. The summed E-state index contributed by atoms with van der Waals surface area (Å²) < 4.78 is 48.5. The number of nitriles is 1. The second-order valence-electron chi connectivity index (χ2n) is 12.3. The molecule has 0 saturated heterocycles. The number of aromatic nitrogens is 2. The SMILES string of the molecule is Cc1ccc(-c2cc(-n3c4ccccc4c4cc(C)ccc43)c(C#N)cc2-n2c3ccccc3c3cc(C)ccc32)c(C(F)(F)F)c1. The van der Waals surface area contributed by atoms with Crippen molar-refractivity contribution in [1.82, 2.24) is 9.13 Å². The predicted octanol–water partition coefficient (Wildman–Crippen LogP) is 11.4. The van der Waals surface area contributed by atoms with E-state index in [0.29, 0.717) is 28.1 Å². The molecule has 0 aliphatic carbocycles. The van der Waals surface area contributed by atoms with Crippen LogP contribution in [0.1, 0.15) is 27.8 Å². The van der Waals surface area contributed by atoms with Crippen molar-refractivity contribution < 1.29 is 13.2 Å². The minimum Gasteiger partial charge on any atom is -0.309 e. The summed E-state index contributed by atoms with van der Waals surface area (Å²) in [5, 5.41) is 14.7. The zero-order chi connectivity index (χ0) is 32.6. The summed E-state index contributed by atoms with van der Waals surface area (Å²) in [5.41, 5.74) is 7.22. The number of nitrogens with zero attached hydrogens (tertiary/aromatic N) is 3. The fourth-order valence-corrected chi connectivity index (χ4v) is 7.07. The molecule has 6 heteroatoms. The second kappa shape index (κ2) is 10.4. The number of benzene rings is 6. The first-order chi connectivity index (χ1) is 22.6. The maximum Gasteiger partial charge on any atom is 0.417 e. The van der Waals surface area contributed by atoms with Gasteiger partial charge < -0.3 is 9.13 Å². The standard InChI is InChI=1S/C41H28F3N3/c1-24-13-16-37-31(18-24)29-8-4-6-10-35(29)46(37)39-22-33(28-15-12-26(3)20-34(28)41(42,43)44)40(21-27(39)23-45)47-36-11-7-5-9-30(36)32-19-25(2)14-17-38(32)47/h4-22H,1-3H3. The smallest absolute Gasteiger partial charge is 0.309 e. The van der Waals surface area contributed by atoms with Gasteiger partial charge in [-0.1, -0.05) is 77.4 Å². The molecule has 8 aromatic rings. The summed E-state index contributed by atoms with van der Waals surface area (Å²) in [5.74, 6) is 0. The summed E-state index contributed by atoms with van der Waals surface area (Å²) in [6.07, 6.45) is -4.60. The van der Waals surface area contributed by atoms with Gasteiger partial charge in [-0.15, -0.1) is 0 Å². The Kier molecular flexibility index (Phi) is 6.32. The van der Waals surface area contributed by atoms with Crippen molar-refractivity contribution in [1.29, 1.82) is 5.26 Å². The van der Waals surface area contributed by atoms with Crippen LogP contribution in [0.2, 0.25) is 0 Å². The molecule has 0 spiro atoms. The van der Waals surface area contributed by atoms with E-state index >= 15 is 0 Å². The first-order valence-electron chi connectivity index (χ1n) is 15.4. The third-order valence-electron chi connectivity index (χ3n) is 9.14. The molecule has 0 N–H and O–H groups in total. The van der Waals surface area contributed by atoms with Gasteiger partial charge in [-0.3, -0.25) is 0 Å². The van der Waals surface area contributed by atoms with Gasteiger partial charge in [-0.2, -0.15) is 18.4 Å². The van der Waals surface area contributed by atoms with E-state index in [9.17, 15) is 18.4 Å². The highest BCUT2D eigenvalue weighted by Crippen LogP contribution is 2.44. The topological polar surface area (TPSA) is 33.6 Å². The molecule has 0 fully saturated rings. The third-order valence-corrected chi connectivity index (χ3v) is 9.14. The summed E-state index contributed by atoms with van der Waals surface area (Å²) in [6.45, 7) is 5.72. The van der Waals surface area contributed by atoms with Gasteiger partial charge in [0.25, 0.3) is 0 Å². The average molecular weight is 620 g/mol. The number of para-hydroxylation sites is 2. The first-order valence-corrected chi connectivity index (χ1v) is 15.4. The van der Waals surface area contributed by atoms with Crippen LogP contribution < -0.4 is 0 Å². The summed E-state index contributed by atoms with van der Waals surface area (Å²) in [4.78, 5) is 0. The number of alkyl halides is 3. The van der Waals surface area contributed by atoms with E-state index in [0.717, 1.165) is 54.7 Å². The molecule has 3 nitrogen and oxygen atoms in total. The van der Waals surface area contributed by atoms with Crippen molar-refractivity contribution in [2.75, 3.05) is 0 Å². The van der Waals surface area contributed by atoms with E-state index in [2.05, 4.69) is 18.2 Å². The number of halogens is 3. The largest absolute Gasteiger partial charge is 0.417 e. The molecule has 0 atom stereocenters. The molecule has 6 aromatic carbocycles. The van der Waals surface area contributed by atoms with Crippen LogP contribution in [0.3, 0.4) is 0 Å². The van der Waals surface area contributed by atoms with Crippen LogP contribution in [0.5, 0.6) is 0 Å². The van der Waals surface area contributed by atoms with Crippen molar-refractivity contribution >= 4 is 43.6 Å². The van der Waals surface area contributed by atoms with Gasteiger partial charge in [-0.05, 0) is 80.9 Å². The van der Waals surface area contributed by atoms with Crippen molar-refractivity contribution in [2.45, 2.75) is 26.9 Å². The van der Waals surface area contributed by atoms with E-state index in [-0.39, 0.29) is 5.56 Å². The minimum atomic E-state index is -4.60. The molecule has 0 radical (unpaired) electrons. The maximum atomic E-state index is 14.8. The second-order valence-corrected chi connectivity index (χ2v) is 12.3. The van der Waals surface area contributed by atoms with Crippen LogP contribution >= 0.6 is 0 Å². The third kappa shape index (κ3) is 4.42. The normalized spacial score (nSPS) is 12.0. The molecule has 8 rings (SSSR count). The molecular formula is C41H28F3N3. The Labute approximate surface area is 269 Å². The van der Waals surface area contributed by atoms with Gasteiger partial charge in [0, 0.05) is 27.1 Å². The Bertz CT molecular complexity index is 2610. The monoisotopic (exact) mass is 619 g/mol. The van der Waals surface area contributed by atoms with E-state index in [4.69, 9.17) is 0 Å². The van der Waals surface area contributed by atoms with Gasteiger partial charge in [-0.25, -0.2) is 0 Å². The van der Waals surface area contributed by atoms with E-state index in [1.165, 1.54) is 6.07 Å². The molecule has 2 heterocycles. The Hall–Kier alpha value is -5.80. The molecule has 2 aromatic heterocycles. The van der Waals surface area contributed by atoms with Crippen molar-refractivity contribution in [3.8, 4) is 28.6 Å². The molecular weight excluding hydrogens is 591 g/mol. The number of rotatable bonds is 3. The Morgan fingerprint density at radius 1 is 0.511 bits per heavy atom. The van der Waals surface area contributed by atoms with E-state index in [1.807, 2.05) is 95.8 Å². The molecule has 0 unspecified atom stereocenters. The van der Waals surface area contributed by atoms with Crippen molar-refractivity contribution in [2.24, 2.45) is 0 Å². The minimum absolute atomic E-state index is 0.0542. The van der Waals surface area contributed by atoms with Gasteiger partial charge in [0.15, 0.2) is 0 Å². The van der Waals surface area contributed by atoms with Crippen LogP contribution in [0.4, 0.5) is 13.2 Å². The van der Waals surface area contributed by atoms with Gasteiger partial charge >= 0.3 is 6.18 Å². The van der Waals surface area contributed by atoms with Crippen LogP contribution in [-0.2, 0) is 6.18 Å². The van der Waals surface area contributed by atoms with E-state index in [1.54, 1.807) is 31.2 Å². The highest BCUT2D eigenvalue weighted by molar-refractivity contribution is 6.11. The highest BCUT2D eigenvalue weighted by Gasteiger charge is 2.35. The molecule has 0 saturated carbocycles. The van der Waals surface area contributed by atoms with Crippen molar-refractivity contribution in [3.05, 3.63) is 143 Å². The fraction of sp³-hybridized carbons (Fsp3) is 0.0976. The zero-order valence-corrected chi connectivity index (χ0v) is 25.9. The first kappa shape index (κ1) is 28.7. The molecule has 0 amide bonds. The lowest BCUT2D eigenvalue weighted by molar-refractivity contribution is -0.137. The molecule has 0 aliphatic heterocycles. The van der Waals surface area contributed by atoms with Crippen LogP contribution in [0.25, 0.3) is 66.1 Å². The molecule has 47 heavy (non-hydrogen) atoms. The Morgan fingerprint density at radius 3 is 1.55 bits per heavy atom. The number of hydrogen-bond donors (Lipinski definition) is 0. The lowest BCUT2D eigenvalue weighted by Crippen LogP contribution is -2.10. The maximum absolute atomic E-state index is 14.8. The lowest BCUT2D eigenvalue weighted by atomic mass is 9.93. The van der Waals surface area contributed by atoms with Gasteiger partial charge in [0.2, 0.25) is 0 Å².